The van der Waals surface area contributed by atoms with E-state index in [2.05, 4.69) is 15.3 Å². The van der Waals surface area contributed by atoms with Crippen LogP contribution in [0.1, 0.15) is 31.9 Å². The summed E-state index contributed by atoms with van der Waals surface area (Å²) in [5, 5.41) is 11.7. The monoisotopic (exact) mass is 330 g/mol. The fourth-order valence-corrected chi connectivity index (χ4v) is 2.74. The molecule has 1 aliphatic heterocycles. The molecule has 0 amide bonds. The van der Waals surface area contributed by atoms with E-state index in [9.17, 15) is 18.0 Å². The number of hydrogen-bond acceptors (Lipinski definition) is 5. The van der Waals surface area contributed by atoms with E-state index in [4.69, 9.17) is 5.11 Å². The van der Waals surface area contributed by atoms with Gasteiger partial charge in [0.05, 0.1) is 5.92 Å². The lowest BCUT2D eigenvalue weighted by Gasteiger charge is -2.39. The Morgan fingerprint density at radius 1 is 1.39 bits per heavy atom. The molecular formula is C14H17F3N4O2. The summed E-state index contributed by atoms with van der Waals surface area (Å²) in [5.41, 5.74) is -0.988. The number of halogens is 3. The number of carbonyl (C=O) groups is 1. The molecule has 1 saturated carbocycles. The topological polar surface area (TPSA) is 78.4 Å². The third kappa shape index (κ3) is 3.18. The highest BCUT2D eigenvalue weighted by atomic mass is 19.4. The van der Waals surface area contributed by atoms with Crippen LogP contribution >= 0.6 is 0 Å². The fourth-order valence-electron chi connectivity index (χ4n) is 2.74. The summed E-state index contributed by atoms with van der Waals surface area (Å²) < 4.78 is 39.1. The van der Waals surface area contributed by atoms with Crippen molar-refractivity contribution in [3.8, 4) is 0 Å². The van der Waals surface area contributed by atoms with Gasteiger partial charge in [0.25, 0.3) is 0 Å². The van der Waals surface area contributed by atoms with E-state index in [1.165, 1.54) is 0 Å². The molecule has 1 atom stereocenters. The van der Waals surface area contributed by atoms with E-state index in [0.29, 0.717) is 19.4 Å². The quantitative estimate of drug-likeness (QED) is 0.882. The number of hydrogen-bond donors (Lipinski definition) is 2. The van der Waals surface area contributed by atoms with Crippen LogP contribution in [0.2, 0.25) is 0 Å². The maximum Gasteiger partial charge on any atom is 0.433 e. The number of anilines is 2. The van der Waals surface area contributed by atoms with Crippen molar-refractivity contribution >= 4 is 17.7 Å². The Morgan fingerprint density at radius 3 is 2.57 bits per heavy atom. The summed E-state index contributed by atoms with van der Waals surface area (Å²) in [6, 6.07) is 0.822. The van der Waals surface area contributed by atoms with Gasteiger partial charge >= 0.3 is 12.1 Å². The molecule has 1 saturated heterocycles. The van der Waals surface area contributed by atoms with Crippen LogP contribution in [0.4, 0.5) is 24.9 Å². The lowest BCUT2D eigenvalue weighted by atomic mass is 9.80. The molecule has 0 unspecified atom stereocenters. The van der Waals surface area contributed by atoms with Gasteiger partial charge in [-0.05, 0) is 26.2 Å². The Morgan fingerprint density at radius 2 is 2.09 bits per heavy atom. The van der Waals surface area contributed by atoms with Crippen LogP contribution in [0.3, 0.4) is 0 Å². The van der Waals surface area contributed by atoms with Crippen molar-refractivity contribution in [2.75, 3.05) is 16.8 Å². The van der Waals surface area contributed by atoms with Crippen molar-refractivity contribution < 1.29 is 23.1 Å². The second kappa shape index (κ2) is 5.54. The van der Waals surface area contributed by atoms with Crippen molar-refractivity contribution in [1.82, 2.24) is 9.97 Å². The first kappa shape index (κ1) is 15.8. The van der Waals surface area contributed by atoms with Gasteiger partial charge in [-0.15, -0.1) is 0 Å². The average Bonchev–Trinajstić information content (AvgIpc) is 2.39. The second-order valence-corrected chi connectivity index (χ2v) is 6.12. The molecular weight excluding hydrogens is 313 g/mol. The van der Waals surface area contributed by atoms with Crippen molar-refractivity contribution in [3.05, 3.63) is 11.8 Å². The minimum Gasteiger partial charge on any atom is -0.481 e. The maximum absolute atomic E-state index is 13.0. The van der Waals surface area contributed by atoms with Crippen LogP contribution in [-0.2, 0) is 11.0 Å². The molecule has 2 aliphatic rings. The highest BCUT2D eigenvalue weighted by Gasteiger charge is 2.38. The lowest BCUT2D eigenvalue weighted by molar-refractivity contribution is -0.144. The zero-order chi connectivity index (χ0) is 16.8. The van der Waals surface area contributed by atoms with Gasteiger partial charge in [-0.2, -0.15) is 18.2 Å². The molecule has 9 heteroatoms. The molecule has 0 spiro atoms. The molecule has 1 aliphatic carbocycles. The molecule has 2 fully saturated rings. The Bertz CT molecular complexity index is 617. The normalized spacial score (nSPS) is 27.1. The molecule has 126 valence electrons. The fraction of sp³-hybridized carbons (Fsp3) is 0.643. The summed E-state index contributed by atoms with van der Waals surface area (Å²) in [4.78, 5) is 20.3. The second-order valence-electron chi connectivity index (χ2n) is 6.12. The summed E-state index contributed by atoms with van der Waals surface area (Å²) in [7, 11) is 0. The van der Waals surface area contributed by atoms with E-state index in [0.717, 1.165) is 12.5 Å². The average molecular weight is 330 g/mol. The highest BCUT2D eigenvalue weighted by Crippen LogP contribution is 2.34. The predicted molar refractivity (Wildman–Crippen MR) is 76.2 cm³/mol. The Labute approximate surface area is 130 Å². The largest absolute Gasteiger partial charge is 0.481 e. The summed E-state index contributed by atoms with van der Waals surface area (Å²) in [5.74, 6) is -1.16. The third-order valence-electron chi connectivity index (χ3n) is 4.42. The number of aliphatic carboxylic acids is 1. The molecule has 3 rings (SSSR count). The first-order chi connectivity index (χ1) is 10.7. The number of rotatable bonds is 4. The SMILES string of the molecule is C[C@H]1CCN1c1nc(NC2CC(C(=O)O)C2)cc(C(F)(F)F)n1. The molecule has 2 heterocycles. The third-order valence-corrected chi connectivity index (χ3v) is 4.42. The van der Waals surface area contributed by atoms with Gasteiger partial charge in [-0.1, -0.05) is 0 Å². The Kier molecular flexibility index (Phi) is 3.81. The maximum atomic E-state index is 13.0. The number of aromatic nitrogens is 2. The van der Waals surface area contributed by atoms with Crippen molar-refractivity contribution in [3.63, 3.8) is 0 Å². The summed E-state index contributed by atoms with van der Waals surface area (Å²) >= 11 is 0. The molecule has 0 bridgehead atoms. The lowest BCUT2D eigenvalue weighted by Crippen LogP contribution is -2.47. The van der Waals surface area contributed by atoms with Gasteiger partial charge in [0, 0.05) is 24.7 Å². The molecule has 1 aromatic rings. The van der Waals surface area contributed by atoms with Crippen LogP contribution in [0.15, 0.2) is 6.07 Å². The van der Waals surface area contributed by atoms with Crippen molar-refractivity contribution in [1.29, 1.82) is 0 Å². The Hall–Kier alpha value is -2.06. The minimum atomic E-state index is -4.55. The van der Waals surface area contributed by atoms with Gasteiger partial charge in [-0.25, -0.2) is 4.98 Å². The summed E-state index contributed by atoms with van der Waals surface area (Å²) in [6.45, 7) is 2.54. The zero-order valence-electron chi connectivity index (χ0n) is 12.5. The summed E-state index contributed by atoms with van der Waals surface area (Å²) in [6.07, 6.45) is -2.89. The molecule has 2 N–H and O–H groups in total. The first-order valence-corrected chi connectivity index (χ1v) is 7.46. The van der Waals surface area contributed by atoms with E-state index in [-0.39, 0.29) is 23.8 Å². The predicted octanol–water partition coefficient (Wildman–Crippen LogP) is 2.37. The first-order valence-electron chi connectivity index (χ1n) is 7.46. The van der Waals surface area contributed by atoms with E-state index < -0.39 is 23.8 Å². The standard InChI is InChI=1S/C14H17F3N4O2/c1-7-2-3-21(7)13-19-10(14(15,16)17)6-11(20-13)18-9-4-8(5-9)12(22)23/h6-9H,2-5H2,1H3,(H,22,23)(H,18,19,20)/t7-,8?,9?/m0/s1. The van der Waals surface area contributed by atoms with E-state index in [1.54, 1.807) is 4.90 Å². The minimum absolute atomic E-state index is 0.0650. The Balaban J connectivity index is 1.79. The van der Waals surface area contributed by atoms with Crippen LogP contribution in [0.5, 0.6) is 0 Å². The van der Waals surface area contributed by atoms with Crippen molar-refractivity contribution in [2.24, 2.45) is 5.92 Å². The van der Waals surface area contributed by atoms with Gasteiger partial charge in [0.15, 0.2) is 5.69 Å². The molecule has 0 radical (unpaired) electrons. The van der Waals surface area contributed by atoms with Crippen LogP contribution in [0, 0.1) is 5.92 Å². The molecule has 6 nitrogen and oxygen atoms in total. The van der Waals surface area contributed by atoms with E-state index in [1.807, 2.05) is 6.92 Å². The van der Waals surface area contributed by atoms with Gasteiger partial charge < -0.3 is 15.3 Å². The molecule has 0 aromatic carbocycles. The van der Waals surface area contributed by atoms with Crippen LogP contribution < -0.4 is 10.2 Å². The molecule has 1 aromatic heterocycles. The smallest absolute Gasteiger partial charge is 0.433 e. The van der Waals surface area contributed by atoms with Crippen LogP contribution in [0.25, 0.3) is 0 Å². The number of carboxylic acid groups (broad SMARTS) is 1. The van der Waals surface area contributed by atoms with Gasteiger partial charge in [-0.3, -0.25) is 4.79 Å². The van der Waals surface area contributed by atoms with Crippen LogP contribution in [-0.4, -0.2) is 39.7 Å². The molecule has 23 heavy (non-hydrogen) atoms. The number of nitrogens with zero attached hydrogens (tertiary/aromatic N) is 3. The number of alkyl halides is 3. The number of nitrogens with one attached hydrogen (secondary N) is 1. The highest BCUT2D eigenvalue weighted by molar-refractivity contribution is 5.71. The van der Waals surface area contributed by atoms with Gasteiger partial charge in [0.1, 0.15) is 5.82 Å². The van der Waals surface area contributed by atoms with Crippen molar-refractivity contribution in [2.45, 2.75) is 44.4 Å². The zero-order valence-corrected chi connectivity index (χ0v) is 12.5. The number of carboxylic acids is 1. The van der Waals surface area contributed by atoms with E-state index >= 15 is 0 Å². The van der Waals surface area contributed by atoms with Gasteiger partial charge in [0.2, 0.25) is 5.95 Å².